The molecule has 0 saturated heterocycles. The zero-order valence-corrected chi connectivity index (χ0v) is 10.7. The molecule has 4 N–H and O–H groups in total. The van der Waals surface area contributed by atoms with Gasteiger partial charge in [0, 0.05) is 14.9 Å². The van der Waals surface area contributed by atoms with Crippen molar-refractivity contribution < 1.29 is 4.39 Å². The lowest BCUT2D eigenvalue weighted by atomic mass is 10.3. The molecule has 0 aromatic heterocycles. The average molecular weight is 330 g/mol. The van der Waals surface area contributed by atoms with Gasteiger partial charge >= 0.3 is 0 Å². The third-order valence-corrected chi connectivity index (χ3v) is 2.76. The number of rotatable bonds is 0. The Morgan fingerprint density at radius 1 is 0.875 bits per heavy atom. The predicted octanol–water partition coefficient (Wildman–Crippen LogP) is 3.28. The molecule has 84 valence electrons. The number of hydrogen-bond donors (Lipinski definition) is 2. The van der Waals surface area contributed by atoms with Crippen LogP contribution in [0.1, 0.15) is 0 Å². The average Bonchev–Trinajstić information content (AvgIpc) is 2.28. The van der Waals surface area contributed by atoms with Crippen molar-refractivity contribution in [1.29, 1.82) is 0 Å². The Hall–Kier alpha value is -1.30. The van der Waals surface area contributed by atoms with Gasteiger partial charge in [0.2, 0.25) is 0 Å². The van der Waals surface area contributed by atoms with Crippen LogP contribution in [0, 0.1) is 9.39 Å². The van der Waals surface area contributed by atoms with E-state index in [-0.39, 0.29) is 5.82 Å². The summed E-state index contributed by atoms with van der Waals surface area (Å²) in [5, 5.41) is 0. The van der Waals surface area contributed by atoms with Crippen molar-refractivity contribution in [2.24, 2.45) is 0 Å². The molecule has 0 spiro atoms. The van der Waals surface area contributed by atoms with E-state index in [4.69, 9.17) is 11.5 Å². The van der Waals surface area contributed by atoms with Crippen molar-refractivity contribution in [2.75, 3.05) is 11.5 Å². The Morgan fingerprint density at radius 3 is 1.81 bits per heavy atom. The van der Waals surface area contributed by atoms with E-state index in [1.807, 2.05) is 24.3 Å². The van der Waals surface area contributed by atoms with Crippen LogP contribution in [0.2, 0.25) is 0 Å². The number of anilines is 2. The van der Waals surface area contributed by atoms with Gasteiger partial charge < -0.3 is 11.5 Å². The second-order valence-electron chi connectivity index (χ2n) is 3.07. The van der Waals surface area contributed by atoms with Crippen LogP contribution in [0.5, 0.6) is 0 Å². The molecule has 2 aromatic rings. The molecule has 2 rings (SSSR count). The monoisotopic (exact) mass is 330 g/mol. The highest BCUT2D eigenvalue weighted by atomic mass is 127. The summed E-state index contributed by atoms with van der Waals surface area (Å²) in [6, 6.07) is 13.5. The Balaban J connectivity index is 0.000000160. The molecule has 0 unspecified atom stereocenters. The van der Waals surface area contributed by atoms with Crippen LogP contribution in [-0.2, 0) is 0 Å². The maximum absolute atomic E-state index is 12.0. The molecule has 0 saturated carbocycles. The number of benzene rings is 2. The third kappa shape index (κ3) is 4.48. The first-order valence-electron chi connectivity index (χ1n) is 4.60. The van der Waals surface area contributed by atoms with Crippen molar-refractivity contribution in [3.05, 3.63) is 57.9 Å². The summed E-state index contributed by atoms with van der Waals surface area (Å²) >= 11 is 2.20. The predicted molar refractivity (Wildman–Crippen MR) is 74.4 cm³/mol. The van der Waals surface area contributed by atoms with Gasteiger partial charge in [0.25, 0.3) is 0 Å². The molecule has 2 aromatic carbocycles. The quantitative estimate of drug-likeness (QED) is 0.575. The molecule has 0 heterocycles. The summed E-state index contributed by atoms with van der Waals surface area (Å²) in [5.74, 6) is -0.251. The fraction of sp³-hybridized carbons (Fsp3) is 0. The minimum atomic E-state index is -0.251. The second kappa shape index (κ2) is 6.32. The van der Waals surface area contributed by atoms with Gasteiger partial charge in [0.15, 0.2) is 0 Å². The third-order valence-electron chi connectivity index (χ3n) is 1.78. The zero-order valence-electron chi connectivity index (χ0n) is 8.53. The topological polar surface area (TPSA) is 52.0 Å². The highest BCUT2D eigenvalue weighted by Gasteiger charge is 1.86. The Bertz CT molecular complexity index is 401. The first kappa shape index (κ1) is 12.8. The second-order valence-corrected chi connectivity index (χ2v) is 4.24. The first-order valence-corrected chi connectivity index (χ1v) is 5.68. The number of hydrogen-bond acceptors (Lipinski definition) is 2. The summed E-state index contributed by atoms with van der Waals surface area (Å²) in [5.41, 5.74) is 12.2. The van der Waals surface area contributed by atoms with Gasteiger partial charge in [-0.25, -0.2) is 4.39 Å². The highest BCUT2D eigenvalue weighted by Crippen LogP contribution is 2.11. The smallest absolute Gasteiger partial charge is 0.123 e. The van der Waals surface area contributed by atoms with Crippen LogP contribution in [-0.4, -0.2) is 0 Å². The lowest BCUT2D eigenvalue weighted by molar-refractivity contribution is 0.628. The van der Waals surface area contributed by atoms with Gasteiger partial charge in [-0.15, -0.1) is 0 Å². The van der Waals surface area contributed by atoms with Crippen molar-refractivity contribution in [3.63, 3.8) is 0 Å². The summed E-state index contributed by atoms with van der Waals surface area (Å²) in [7, 11) is 0. The minimum Gasteiger partial charge on any atom is -0.399 e. The summed E-state index contributed by atoms with van der Waals surface area (Å²) in [6.45, 7) is 0. The van der Waals surface area contributed by atoms with Crippen molar-refractivity contribution in [1.82, 2.24) is 0 Å². The minimum absolute atomic E-state index is 0.251. The van der Waals surface area contributed by atoms with E-state index >= 15 is 0 Å². The van der Waals surface area contributed by atoms with Gasteiger partial charge in [-0.05, 0) is 59.0 Å². The number of nitrogens with two attached hydrogens (primary N) is 2. The number of nitrogen functional groups attached to an aromatic ring is 2. The van der Waals surface area contributed by atoms with Gasteiger partial charge in [-0.3, -0.25) is 0 Å². The fourth-order valence-corrected chi connectivity index (χ4v) is 1.33. The molecule has 0 bridgehead atoms. The molecule has 2 nitrogen and oxygen atoms in total. The standard InChI is InChI=1S/C6H6FN.C6H6IN/c7-5-1-3-6(8)4-2-5;7-5-3-1-2-4-6(5)8/h2*1-4H,8H2. The largest absolute Gasteiger partial charge is 0.399 e. The van der Waals surface area contributed by atoms with Gasteiger partial charge in [0.1, 0.15) is 5.82 Å². The fourth-order valence-electron chi connectivity index (χ4n) is 0.938. The molecule has 0 atom stereocenters. The Labute approximate surface area is 108 Å². The zero-order chi connectivity index (χ0) is 12.0. The summed E-state index contributed by atoms with van der Waals surface area (Å²) in [6.07, 6.45) is 0. The van der Waals surface area contributed by atoms with E-state index in [1.165, 1.54) is 24.3 Å². The van der Waals surface area contributed by atoms with Gasteiger partial charge in [-0.1, -0.05) is 12.1 Å². The molecule has 0 amide bonds. The first-order chi connectivity index (χ1) is 7.59. The van der Waals surface area contributed by atoms with Crippen molar-refractivity contribution >= 4 is 34.0 Å². The lowest BCUT2D eigenvalue weighted by Crippen LogP contribution is -1.85. The van der Waals surface area contributed by atoms with E-state index in [0.717, 1.165) is 9.26 Å². The van der Waals surface area contributed by atoms with Crippen LogP contribution in [0.15, 0.2) is 48.5 Å². The maximum Gasteiger partial charge on any atom is 0.123 e. The molecule has 0 aliphatic heterocycles. The van der Waals surface area contributed by atoms with E-state index in [9.17, 15) is 4.39 Å². The summed E-state index contributed by atoms with van der Waals surface area (Å²) < 4.78 is 13.1. The van der Waals surface area contributed by atoms with Crippen LogP contribution in [0.3, 0.4) is 0 Å². The number of halogens is 2. The van der Waals surface area contributed by atoms with Crippen LogP contribution in [0.4, 0.5) is 15.8 Å². The molecule has 0 fully saturated rings. The lowest BCUT2D eigenvalue weighted by Gasteiger charge is -1.91. The van der Waals surface area contributed by atoms with Crippen LogP contribution < -0.4 is 11.5 Å². The molecule has 0 aliphatic rings. The molecule has 0 aliphatic carbocycles. The van der Waals surface area contributed by atoms with E-state index in [0.29, 0.717) is 5.69 Å². The summed E-state index contributed by atoms with van der Waals surface area (Å²) in [4.78, 5) is 0. The highest BCUT2D eigenvalue weighted by molar-refractivity contribution is 14.1. The number of para-hydroxylation sites is 1. The van der Waals surface area contributed by atoms with E-state index in [2.05, 4.69) is 22.6 Å². The van der Waals surface area contributed by atoms with E-state index < -0.39 is 0 Å². The normalized spacial score (nSPS) is 9.12. The van der Waals surface area contributed by atoms with Crippen molar-refractivity contribution in [2.45, 2.75) is 0 Å². The Kier molecular flexibility index (Phi) is 5.04. The molecule has 0 radical (unpaired) electrons. The molecule has 4 heteroatoms. The molecular weight excluding hydrogens is 318 g/mol. The van der Waals surface area contributed by atoms with Crippen LogP contribution >= 0.6 is 22.6 Å². The van der Waals surface area contributed by atoms with Crippen molar-refractivity contribution in [3.8, 4) is 0 Å². The SMILES string of the molecule is Nc1ccc(F)cc1.Nc1ccccc1I. The molecule has 16 heavy (non-hydrogen) atoms. The van der Waals surface area contributed by atoms with Gasteiger partial charge in [-0.2, -0.15) is 0 Å². The maximum atomic E-state index is 12.0. The van der Waals surface area contributed by atoms with Crippen LogP contribution in [0.25, 0.3) is 0 Å². The Morgan fingerprint density at radius 2 is 1.44 bits per heavy atom. The van der Waals surface area contributed by atoms with Gasteiger partial charge in [0.05, 0.1) is 0 Å². The van der Waals surface area contributed by atoms with E-state index in [1.54, 1.807) is 0 Å². The molecular formula is C12H12FIN2.